The Morgan fingerprint density at radius 3 is 2.68 bits per heavy atom. The Balaban J connectivity index is 1.54. The smallest absolute Gasteiger partial charge is 0.249 e. The molecule has 28 heavy (non-hydrogen) atoms. The minimum atomic E-state index is -0.544. The highest BCUT2D eigenvalue weighted by Gasteiger charge is 2.26. The van der Waals surface area contributed by atoms with E-state index in [2.05, 4.69) is 30.8 Å². The summed E-state index contributed by atoms with van der Waals surface area (Å²) in [6, 6.07) is 3.22. The number of aromatic nitrogens is 6. The van der Waals surface area contributed by atoms with Crippen molar-refractivity contribution in [2.75, 3.05) is 18.4 Å². The lowest BCUT2D eigenvalue weighted by molar-refractivity contribution is -0.121. The fourth-order valence-corrected chi connectivity index (χ4v) is 3.21. The number of nitrogens with one attached hydrogen (secondary N) is 2. The summed E-state index contributed by atoms with van der Waals surface area (Å²) in [5, 5.41) is 14.4. The fourth-order valence-electron chi connectivity index (χ4n) is 3.21. The number of hydrogen-bond acceptors (Lipinski definition) is 6. The summed E-state index contributed by atoms with van der Waals surface area (Å²) in [5.41, 5.74) is 3.73. The van der Waals surface area contributed by atoms with E-state index in [-0.39, 0.29) is 23.4 Å². The highest BCUT2D eigenvalue weighted by Crippen LogP contribution is 2.23. The molecule has 0 atom stereocenters. The molecule has 1 aliphatic heterocycles. The summed E-state index contributed by atoms with van der Waals surface area (Å²) in [7, 11) is 0. The first-order valence-electron chi connectivity index (χ1n) is 8.89. The van der Waals surface area contributed by atoms with E-state index in [0.717, 1.165) is 16.9 Å². The summed E-state index contributed by atoms with van der Waals surface area (Å²) in [4.78, 5) is 20.6. The van der Waals surface area contributed by atoms with E-state index >= 15 is 0 Å². The Labute approximate surface area is 158 Å². The number of rotatable bonds is 3. The Hall–Kier alpha value is -3.40. The molecule has 0 saturated carbocycles. The van der Waals surface area contributed by atoms with Gasteiger partial charge in [0.05, 0.1) is 23.5 Å². The number of carbonyl (C=O) groups is 1. The van der Waals surface area contributed by atoms with Crippen molar-refractivity contribution in [3.63, 3.8) is 0 Å². The maximum absolute atomic E-state index is 14.6. The molecule has 0 spiro atoms. The van der Waals surface area contributed by atoms with Crippen LogP contribution in [0.5, 0.6) is 0 Å². The molecule has 1 amide bonds. The van der Waals surface area contributed by atoms with Gasteiger partial charge < -0.3 is 5.32 Å². The van der Waals surface area contributed by atoms with Crippen LogP contribution in [-0.2, 0) is 4.79 Å². The van der Waals surface area contributed by atoms with Gasteiger partial charge >= 0.3 is 0 Å². The van der Waals surface area contributed by atoms with Crippen molar-refractivity contribution < 1.29 is 9.18 Å². The minimum absolute atomic E-state index is 0.0436. The van der Waals surface area contributed by atoms with Crippen molar-refractivity contribution in [3.8, 4) is 11.3 Å². The van der Waals surface area contributed by atoms with E-state index in [9.17, 15) is 9.18 Å². The number of nitrogens with zero attached hydrogens (tertiary/aromatic N) is 6. The van der Waals surface area contributed by atoms with Gasteiger partial charge in [-0.25, -0.2) is 18.4 Å². The predicted molar refractivity (Wildman–Crippen MR) is 99.4 cm³/mol. The molecule has 5 heterocycles. The molecule has 1 aliphatic rings. The topological polar surface area (TPSA) is 102 Å². The van der Waals surface area contributed by atoms with Gasteiger partial charge in [0.25, 0.3) is 0 Å². The largest absolute Gasteiger partial charge is 0.315 e. The molecule has 4 aromatic rings. The van der Waals surface area contributed by atoms with Gasteiger partial charge in [-0.05, 0) is 31.5 Å². The van der Waals surface area contributed by atoms with Crippen molar-refractivity contribution in [2.24, 2.45) is 5.92 Å². The third kappa shape index (κ3) is 2.69. The minimum Gasteiger partial charge on any atom is -0.315 e. The van der Waals surface area contributed by atoms with E-state index in [0.29, 0.717) is 24.3 Å². The molecule has 0 aliphatic carbocycles. The Bertz CT molecular complexity index is 1240. The molecular formula is C18H17FN8O. The van der Waals surface area contributed by atoms with Crippen LogP contribution in [0.3, 0.4) is 0 Å². The molecule has 5 rings (SSSR count). The molecule has 0 unspecified atom stereocenters. The van der Waals surface area contributed by atoms with Crippen LogP contribution in [0, 0.1) is 25.6 Å². The molecule has 10 heteroatoms. The van der Waals surface area contributed by atoms with E-state index in [1.54, 1.807) is 10.7 Å². The van der Waals surface area contributed by atoms with Gasteiger partial charge in [0.15, 0.2) is 17.1 Å². The van der Waals surface area contributed by atoms with Crippen molar-refractivity contribution >= 4 is 23.1 Å². The average molecular weight is 380 g/mol. The molecule has 0 aromatic carbocycles. The Kier molecular flexibility index (Phi) is 3.63. The lowest BCUT2D eigenvalue weighted by Gasteiger charge is -2.24. The fraction of sp³-hybridized carbons (Fsp3) is 0.278. The highest BCUT2D eigenvalue weighted by atomic mass is 19.1. The number of aryl methyl sites for hydroxylation is 2. The lowest BCUT2D eigenvalue weighted by atomic mass is 10.0. The monoisotopic (exact) mass is 380 g/mol. The first kappa shape index (κ1) is 16.8. The summed E-state index contributed by atoms with van der Waals surface area (Å²) in [5.74, 6) is -0.743. The molecule has 1 fully saturated rings. The van der Waals surface area contributed by atoms with Crippen LogP contribution < -0.4 is 10.6 Å². The van der Waals surface area contributed by atoms with E-state index in [1.807, 2.05) is 26.1 Å². The third-order valence-corrected chi connectivity index (χ3v) is 4.80. The van der Waals surface area contributed by atoms with Gasteiger partial charge in [-0.1, -0.05) is 0 Å². The summed E-state index contributed by atoms with van der Waals surface area (Å²) in [6.07, 6.45) is 3.46. The van der Waals surface area contributed by atoms with Gasteiger partial charge in [0.2, 0.25) is 11.9 Å². The van der Waals surface area contributed by atoms with E-state index in [1.165, 1.54) is 10.6 Å². The Morgan fingerprint density at radius 1 is 1.14 bits per heavy atom. The third-order valence-electron chi connectivity index (χ3n) is 4.80. The lowest BCUT2D eigenvalue weighted by Crippen LogP contribution is -2.48. The molecular weight excluding hydrogens is 363 g/mol. The second-order valence-electron chi connectivity index (χ2n) is 6.99. The zero-order valence-electron chi connectivity index (χ0n) is 15.3. The zero-order chi connectivity index (χ0) is 19.4. The van der Waals surface area contributed by atoms with Gasteiger partial charge in [0, 0.05) is 24.8 Å². The summed E-state index contributed by atoms with van der Waals surface area (Å²) < 4.78 is 17.6. The van der Waals surface area contributed by atoms with Gasteiger partial charge in [-0.15, -0.1) is 5.10 Å². The molecule has 2 N–H and O–H groups in total. The second-order valence-corrected chi connectivity index (χ2v) is 6.99. The molecule has 1 saturated heterocycles. The van der Waals surface area contributed by atoms with Crippen LogP contribution in [0.25, 0.3) is 22.6 Å². The number of fused-ring (bicyclic) bond motifs is 2. The number of hydrogen-bond donors (Lipinski definition) is 2. The molecule has 4 aromatic heterocycles. The van der Waals surface area contributed by atoms with Crippen LogP contribution in [0.1, 0.15) is 11.3 Å². The zero-order valence-corrected chi connectivity index (χ0v) is 15.3. The second kappa shape index (κ2) is 6.06. The summed E-state index contributed by atoms with van der Waals surface area (Å²) >= 11 is 0. The van der Waals surface area contributed by atoms with E-state index < -0.39 is 5.82 Å². The number of pyridine rings is 1. The molecule has 9 nitrogen and oxygen atoms in total. The van der Waals surface area contributed by atoms with Crippen molar-refractivity contribution in [1.29, 1.82) is 0 Å². The first-order chi connectivity index (χ1) is 13.5. The van der Waals surface area contributed by atoms with Gasteiger partial charge in [-0.3, -0.25) is 10.1 Å². The molecule has 0 radical (unpaired) electrons. The van der Waals surface area contributed by atoms with Crippen LogP contribution in [-0.4, -0.2) is 48.2 Å². The normalized spacial score (nSPS) is 14.5. The standard InChI is InChI=1S/C18H17FN8O/c1-9-3-14(24-26-7-10(2)21-15(9)26)11-4-13(19)16-22-18(25-27(16)8-11)23-17(28)12-5-20-6-12/h3-4,7-8,12,20H,5-6H2,1-2H3,(H,23,25,28). The SMILES string of the molecule is Cc1cn2nc(-c3cc(F)c4nc(NC(=O)C5CNC5)nn4c3)cc(C)c2n1. The molecule has 0 bridgehead atoms. The Morgan fingerprint density at radius 2 is 1.93 bits per heavy atom. The van der Waals surface area contributed by atoms with Gasteiger partial charge in [0.1, 0.15) is 0 Å². The van der Waals surface area contributed by atoms with Gasteiger partial charge in [-0.2, -0.15) is 10.1 Å². The van der Waals surface area contributed by atoms with Crippen molar-refractivity contribution in [1.82, 2.24) is 34.5 Å². The number of amides is 1. The highest BCUT2D eigenvalue weighted by molar-refractivity contribution is 5.92. The van der Waals surface area contributed by atoms with Crippen LogP contribution in [0.4, 0.5) is 10.3 Å². The predicted octanol–water partition coefficient (Wildman–Crippen LogP) is 1.35. The average Bonchev–Trinajstić information content (AvgIpc) is 3.15. The summed E-state index contributed by atoms with van der Waals surface area (Å²) in [6.45, 7) is 5.07. The van der Waals surface area contributed by atoms with Crippen LogP contribution >= 0.6 is 0 Å². The van der Waals surface area contributed by atoms with Crippen molar-refractivity contribution in [3.05, 3.63) is 41.6 Å². The quantitative estimate of drug-likeness (QED) is 0.556. The van der Waals surface area contributed by atoms with Crippen LogP contribution in [0.15, 0.2) is 24.5 Å². The first-order valence-corrected chi connectivity index (χ1v) is 8.89. The number of carbonyl (C=O) groups excluding carboxylic acids is 1. The van der Waals surface area contributed by atoms with E-state index in [4.69, 9.17) is 0 Å². The maximum Gasteiger partial charge on any atom is 0.249 e. The van der Waals surface area contributed by atoms with Crippen LogP contribution in [0.2, 0.25) is 0 Å². The molecule has 142 valence electrons. The number of anilines is 1. The van der Waals surface area contributed by atoms with Crippen molar-refractivity contribution in [2.45, 2.75) is 13.8 Å². The number of imidazole rings is 1. The maximum atomic E-state index is 14.6. The number of halogens is 1.